The number of amides is 1. The van der Waals surface area contributed by atoms with Gasteiger partial charge in [0, 0.05) is 0 Å². The Bertz CT molecular complexity index is 577. The van der Waals surface area contributed by atoms with Gasteiger partial charge in [-0.25, -0.2) is 9.59 Å². The number of rotatable bonds is 7. The fraction of sp³-hybridized carbons (Fsp3) is 0.562. The van der Waals surface area contributed by atoms with Gasteiger partial charge in [0.05, 0.1) is 7.11 Å². The number of aryl methyl sites for hydroxylation is 2. The van der Waals surface area contributed by atoms with E-state index in [4.69, 9.17) is 9.15 Å². The van der Waals surface area contributed by atoms with Crippen molar-refractivity contribution in [3.8, 4) is 0 Å². The average Bonchev–Trinajstić information content (AvgIpc) is 2.87. The van der Waals surface area contributed by atoms with Gasteiger partial charge in [-0.1, -0.05) is 20.3 Å². The Hall–Kier alpha value is -2.31. The molecule has 1 aromatic rings. The highest BCUT2D eigenvalue weighted by molar-refractivity contribution is 5.93. The summed E-state index contributed by atoms with van der Waals surface area (Å²) in [6.07, 6.45) is 0.688. The molecule has 7 heteroatoms. The highest BCUT2D eigenvalue weighted by Gasteiger charge is 2.27. The van der Waals surface area contributed by atoms with Crippen molar-refractivity contribution in [1.82, 2.24) is 5.32 Å². The topological polar surface area (TPSA) is 94.8 Å². The number of furan rings is 1. The molecule has 2 atom stereocenters. The van der Waals surface area contributed by atoms with Gasteiger partial charge in [0.25, 0.3) is 5.91 Å². The molecule has 0 bridgehead atoms. The first-order valence-electron chi connectivity index (χ1n) is 7.41. The van der Waals surface area contributed by atoms with Crippen LogP contribution in [0.25, 0.3) is 0 Å². The van der Waals surface area contributed by atoms with E-state index in [9.17, 15) is 14.4 Å². The normalized spacial score (nSPS) is 13.1. The quantitative estimate of drug-likeness (QED) is 0.768. The molecule has 23 heavy (non-hydrogen) atoms. The zero-order valence-corrected chi connectivity index (χ0v) is 14.1. The van der Waals surface area contributed by atoms with E-state index in [0.717, 1.165) is 0 Å². The minimum Gasteiger partial charge on any atom is -0.467 e. The van der Waals surface area contributed by atoms with Gasteiger partial charge in [-0.2, -0.15) is 0 Å². The van der Waals surface area contributed by atoms with Crippen LogP contribution in [0.15, 0.2) is 10.5 Å². The first kappa shape index (κ1) is 18.7. The third-order valence-corrected chi connectivity index (χ3v) is 3.58. The number of hydrogen-bond acceptors (Lipinski definition) is 6. The molecule has 7 nitrogen and oxygen atoms in total. The maximum absolute atomic E-state index is 11.9. The summed E-state index contributed by atoms with van der Waals surface area (Å²) in [5, 5.41) is 2.53. The molecule has 0 saturated heterocycles. The standard InChI is InChI=1S/C16H23NO6/c1-6-9(2)14(16(20)21-5)17-13(18)8-22-15(19)12-7-10(3)23-11(12)4/h7,9,14H,6,8H2,1-5H3,(H,17,18). The van der Waals surface area contributed by atoms with Gasteiger partial charge < -0.3 is 19.2 Å². The predicted octanol–water partition coefficient (Wildman–Crippen LogP) is 1.76. The fourth-order valence-corrected chi connectivity index (χ4v) is 2.05. The lowest BCUT2D eigenvalue weighted by molar-refractivity contribution is -0.147. The minimum atomic E-state index is -0.769. The van der Waals surface area contributed by atoms with E-state index in [1.807, 2.05) is 13.8 Å². The first-order chi connectivity index (χ1) is 10.8. The van der Waals surface area contributed by atoms with Crippen LogP contribution in [0.2, 0.25) is 0 Å². The van der Waals surface area contributed by atoms with Crippen LogP contribution in [-0.2, 0) is 19.1 Å². The molecular weight excluding hydrogens is 302 g/mol. The molecule has 1 heterocycles. The van der Waals surface area contributed by atoms with Crippen molar-refractivity contribution in [1.29, 1.82) is 0 Å². The van der Waals surface area contributed by atoms with Crippen molar-refractivity contribution in [3.05, 3.63) is 23.2 Å². The van der Waals surface area contributed by atoms with Gasteiger partial charge in [0.1, 0.15) is 23.1 Å². The summed E-state index contributed by atoms with van der Waals surface area (Å²) in [5.74, 6) is -0.817. The summed E-state index contributed by atoms with van der Waals surface area (Å²) in [6, 6.07) is 0.778. The lowest BCUT2D eigenvalue weighted by Gasteiger charge is -2.21. The molecule has 0 aromatic carbocycles. The molecule has 0 radical (unpaired) electrons. The molecule has 128 valence electrons. The summed E-state index contributed by atoms with van der Waals surface area (Å²) in [7, 11) is 1.26. The van der Waals surface area contributed by atoms with Crippen LogP contribution in [0.1, 0.15) is 42.1 Å². The van der Waals surface area contributed by atoms with Crippen LogP contribution in [0.3, 0.4) is 0 Å². The number of nitrogens with one attached hydrogen (secondary N) is 1. The number of hydrogen-bond donors (Lipinski definition) is 1. The van der Waals surface area contributed by atoms with E-state index in [1.54, 1.807) is 19.9 Å². The Morgan fingerprint density at radius 2 is 1.96 bits per heavy atom. The van der Waals surface area contributed by atoms with Gasteiger partial charge in [0.2, 0.25) is 0 Å². The van der Waals surface area contributed by atoms with Crippen molar-refractivity contribution >= 4 is 17.8 Å². The largest absolute Gasteiger partial charge is 0.467 e. The van der Waals surface area contributed by atoms with E-state index >= 15 is 0 Å². The molecule has 1 amide bonds. The van der Waals surface area contributed by atoms with E-state index in [0.29, 0.717) is 17.9 Å². The average molecular weight is 325 g/mol. The van der Waals surface area contributed by atoms with Crippen LogP contribution < -0.4 is 5.32 Å². The molecule has 0 saturated carbocycles. The van der Waals surface area contributed by atoms with E-state index < -0.39 is 30.5 Å². The Kier molecular flexibility index (Phi) is 6.81. The molecule has 2 unspecified atom stereocenters. The molecule has 0 fully saturated rings. The summed E-state index contributed by atoms with van der Waals surface area (Å²) >= 11 is 0. The second-order valence-corrected chi connectivity index (χ2v) is 5.36. The van der Waals surface area contributed by atoms with Crippen LogP contribution in [0, 0.1) is 19.8 Å². The second-order valence-electron chi connectivity index (χ2n) is 5.36. The first-order valence-corrected chi connectivity index (χ1v) is 7.41. The number of esters is 2. The number of methoxy groups -OCH3 is 1. The summed E-state index contributed by atoms with van der Waals surface area (Å²) in [4.78, 5) is 35.5. The summed E-state index contributed by atoms with van der Waals surface area (Å²) in [5.41, 5.74) is 0.279. The van der Waals surface area contributed by atoms with E-state index in [1.165, 1.54) is 7.11 Å². The molecule has 1 N–H and O–H groups in total. The molecule has 0 aliphatic heterocycles. The van der Waals surface area contributed by atoms with Gasteiger partial charge in [-0.3, -0.25) is 4.79 Å². The molecule has 0 spiro atoms. The Morgan fingerprint density at radius 3 is 2.43 bits per heavy atom. The number of carbonyl (C=O) groups excluding carboxylic acids is 3. The SMILES string of the molecule is CCC(C)C(NC(=O)COC(=O)c1cc(C)oc1C)C(=O)OC. The maximum Gasteiger partial charge on any atom is 0.342 e. The summed E-state index contributed by atoms with van der Waals surface area (Å²) in [6.45, 7) is 6.60. The Labute approximate surface area is 135 Å². The highest BCUT2D eigenvalue weighted by Crippen LogP contribution is 2.14. The highest BCUT2D eigenvalue weighted by atomic mass is 16.5. The minimum absolute atomic E-state index is 0.0964. The van der Waals surface area contributed by atoms with Crippen LogP contribution in [-0.4, -0.2) is 37.6 Å². The monoisotopic (exact) mass is 325 g/mol. The lowest BCUT2D eigenvalue weighted by Crippen LogP contribution is -2.47. The molecular formula is C16H23NO6. The third kappa shape index (κ3) is 5.12. The van der Waals surface area contributed by atoms with Gasteiger partial charge in [-0.15, -0.1) is 0 Å². The van der Waals surface area contributed by atoms with E-state index in [2.05, 4.69) is 10.1 Å². The molecule has 0 aliphatic rings. The van der Waals surface area contributed by atoms with Crippen molar-refractivity contribution in [2.45, 2.75) is 40.2 Å². The van der Waals surface area contributed by atoms with Gasteiger partial charge >= 0.3 is 11.9 Å². The molecule has 1 rings (SSSR count). The van der Waals surface area contributed by atoms with E-state index in [-0.39, 0.29) is 11.5 Å². The van der Waals surface area contributed by atoms with Crippen LogP contribution in [0.5, 0.6) is 0 Å². The zero-order valence-electron chi connectivity index (χ0n) is 14.1. The third-order valence-electron chi connectivity index (χ3n) is 3.58. The number of carbonyl (C=O) groups is 3. The number of ether oxygens (including phenoxy) is 2. The lowest BCUT2D eigenvalue weighted by atomic mass is 9.99. The van der Waals surface area contributed by atoms with Crippen molar-refractivity contribution in [2.75, 3.05) is 13.7 Å². The van der Waals surface area contributed by atoms with Crippen molar-refractivity contribution in [2.24, 2.45) is 5.92 Å². The summed E-state index contributed by atoms with van der Waals surface area (Å²) < 4.78 is 14.9. The smallest absolute Gasteiger partial charge is 0.342 e. The van der Waals surface area contributed by atoms with Crippen LogP contribution >= 0.6 is 0 Å². The predicted molar refractivity (Wildman–Crippen MR) is 81.9 cm³/mol. The maximum atomic E-state index is 11.9. The molecule has 0 aliphatic carbocycles. The van der Waals surface area contributed by atoms with Gasteiger partial charge in [0.15, 0.2) is 6.61 Å². The molecule has 1 aromatic heterocycles. The Balaban J connectivity index is 2.60. The fourth-order valence-electron chi connectivity index (χ4n) is 2.05. The van der Waals surface area contributed by atoms with Crippen molar-refractivity contribution < 1.29 is 28.3 Å². The zero-order chi connectivity index (χ0) is 17.6. The van der Waals surface area contributed by atoms with Crippen molar-refractivity contribution in [3.63, 3.8) is 0 Å². The second kappa shape index (κ2) is 8.36. The van der Waals surface area contributed by atoms with Gasteiger partial charge in [-0.05, 0) is 25.8 Å². The van der Waals surface area contributed by atoms with Crippen LogP contribution in [0.4, 0.5) is 0 Å². The Morgan fingerprint density at radius 1 is 1.30 bits per heavy atom.